The Bertz CT molecular complexity index is 177. The molecule has 3 nitrogen and oxygen atoms in total. The molecule has 0 aromatic carbocycles. The summed E-state index contributed by atoms with van der Waals surface area (Å²) in [6, 6.07) is 0. The van der Waals surface area contributed by atoms with Crippen LogP contribution in [0.15, 0.2) is 12.2 Å². The molecule has 1 rings (SSSR count). The lowest BCUT2D eigenvalue weighted by molar-refractivity contribution is 0.137. The first-order chi connectivity index (χ1) is 7.16. The summed E-state index contributed by atoms with van der Waals surface area (Å²) in [4.78, 5) is 8.56. The smallest absolute Gasteiger partial charge is 0.450 e. The quantitative estimate of drug-likeness (QED) is 0.694. The van der Waals surface area contributed by atoms with Crippen molar-refractivity contribution in [3.8, 4) is 0 Å². The van der Waals surface area contributed by atoms with Crippen molar-refractivity contribution >= 4 is 6.16 Å². The molecule has 3 heteroatoms. The molecular formula is C12H22O3. The van der Waals surface area contributed by atoms with Crippen molar-refractivity contribution in [1.82, 2.24) is 0 Å². The third-order valence-corrected chi connectivity index (χ3v) is 2.70. The molecule has 15 heavy (non-hydrogen) atoms. The number of rotatable bonds is 3. The van der Waals surface area contributed by atoms with Gasteiger partial charge in [-0.25, -0.2) is 4.79 Å². The van der Waals surface area contributed by atoms with Crippen LogP contribution in [0.2, 0.25) is 0 Å². The van der Waals surface area contributed by atoms with Crippen LogP contribution < -0.4 is 0 Å². The molecule has 0 aromatic heterocycles. The van der Waals surface area contributed by atoms with E-state index in [4.69, 9.17) is 15.0 Å². The number of carboxylic acid groups (broad SMARTS) is 2. The van der Waals surface area contributed by atoms with Crippen molar-refractivity contribution in [1.29, 1.82) is 0 Å². The fourth-order valence-electron chi connectivity index (χ4n) is 1.97. The lowest BCUT2D eigenvalue weighted by Gasteiger charge is -2.20. The van der Waals surface area contributed by atoms with E-state index in [1.165, 1.54) is 44.9 Å². The molecule has 0 atom stereocenters. The van der Waals surface area contributed by atoms with Gasteiger partial charge in [0.25, 0.3) is 0 Å². The van der Waals surface area contributed by atoms with Gasteiger partial charge >= 0.3 is 6.16 Å². The number of hydrogen-bond acceptors (Lipinski definition) is 1. The van der Waals surface area contributed by atoms with Crippen LogP contribution in [0.1, 0.15) is 51.9 Å². The number of hydrogen-bond donors (Lipinski definition) is 2. The van der Waals surface area contributed by atoms with Gasteiger partial charge in [0.05, 0.1) is 0 Å². The molecule has 0 heterocycles. The standard InChI is InChI=1S/C11H20.CH2O3/c1-2-3-5-8-11-9-6-4-7-10-11;2-1(3)4/h2-3,11H,4-10H2,1H3;(H2,2,3,4)/b3-2+;. The minimum Gasteiger partial charge on any atom is -0.450 e. The summed E-state index contributed by atoms with van der Waals surface area (Å²) in [5.41, 5.74) is 0. The van der Waals surface area contributed by atoms with Gasteiger partial charge in [0.2, 0.25) is 0 Å². The molecule has 0 bridgehead atoms. The van der Waals surface area contributed by atoms with Crippen LogP contribution in [-0.2, 0) is 0 Å². The van der Waals surface area contributed by atoms with Crippen molar-refractivity contribution in [3.05, 3.63) is 12.2 Å². The van der Waals surface area contributed by atoms with Gasteiger partial charge in [0.1, 0.15) is 0 Å². The molecule has 0 unspecified atom stereocenters. The topological polar surface area (TPSA) is 57.5 Å². The Hall–Kier alpha value is -0.990. The lowest BCUT2D eigenvalue weighted by Crippen LogP contribution is -2.05. The van der Waals surface area contributed by atoms with Gasteiger partial charge in [0.15, 0.2) is 0 Å². The van der Waals surface area contributed by atoms with Crippen LogP contribution in [0, 0.1) is 5.92 Å². The van der Waals surface area contributed by atoms with E-state index >= 15 is 0 Å². The molecule has 0 aromatic rings. The van der Waals surface area contributed by atoms with Crippen molar-refractivity contribution in [3.63, 3.8) is 0 Å². The van der Waals surface area contributed by atoms with E-state index in [0.29, 0.717) is 0 Å². The molecular weight excluding hydrogens is 192 g/mol. The van der Waals surface area contributed by atoms with E-state index < -0.39 is 6.16 Å². The van der Waals surface area contributed by atoms with Gasteiger partial charge in [-0.3, -0.25) is 0 Å². The molecule has 1 aliphatic carbocycles. The Morgan fingerprint density at radius 2 is 1.80 bits per heavy atom. The highest BCUT2D eigenvalue weighted by atomic mass is 16.6. The number of carbonyl (C=O) groups is 1. The SMILES string of the molecule is C/C=C/CCC1CCCCC1.O=C(O)O. The molecule has 1 aliphatic rings. The van der Waals surface area contributed by atoms with Crippen LogP contribution >= 0.6 is 0 Å². The fraction of sp³-hybridized carbons (Fsp3) is 0.750. The highest BCUT2D eigenvalue weighted by Crippen LogP contribution is 2.27. The maximum absolute atomic E-state index is 8.56. The third-order valence-electron chi connectivity index (χ3n) is 2.70. The van der Waals surface area contributed by atoms with Crippen LogP contribution in [0.3, 0.4) is 0 Å². The Labute approximate surface area is 91.8 Å². The largest absolute Gasteiger partial charge is 0.503 e. The summed E-state index contributed by atoms with van der Waals surface area (Å²) in [6.07, 6.45) is 12.8. The molecule has 1 saturated carbocycles. The summed E-state index contributed by atoms with van der Waals surface area (Å²) in [7, 11) is 0. The van der Waals surface area contributed by atoms with Gasteiger partial charge in [-0.2, -0.15) is 0 Å². The Morgan fingerprint density at radius 1 is 1.27 bits per heavy atom. The lowest BCUT2D eigenvalue weighted by atomic mass is 9.86. The third kappa shape index (κ3) is 10.9. The molecule has 0 radical (unpaired) electrons. The molecule has 2 N–H and O–H groups in total. The highest BCUT2D eigenvalue weighted by Gasteiger charge is 2.11. The van der Waals surface area contributed by atoms with Gasteiger partial charge in [-0.15, -0.1) is 0 Å². The summed E-state index contributed by atoms with van der Waals surface area (Å²) in [5.74, 6) is 1.06. The molecule has 0 amide bonds. The zero-order valence-electron chi connectivity index (χ0n) is 9.48. The van der Waals surface area contributed by atoms with E-state index in [1.54, 1.807) is 0 Å². The van der Waals surface area contributed by atoms with Gasteiger partial charge in [-0.05, 0) is 25.7 Å². The molecule has 88 valence electrons. The van der Waals surface area contributed by atoms with Crippen LogP contribution in [0.5, 0.6) is 0 Å². The van der Waals surface area contributed by atoms with Crippen LogP contribution in [-0.4, -0.2) is 16.4 Å². The van der Waals surface area contributed by atoms with Gasteiger partial charge < -0.3 is 10.2 Å². The van der Waals surface area contributed by atoms with Crippen LogP contribution in [0.25, 0.3) is 0 Å². The van der Waals surface area contributed by atoms with Crippen molar-refractivity contribution in [2.75, 3.05) is 0 Å². The second kappa shape index (κ2) is 9.56. The average Bonchev–Trinajstić information content (AvgIpc) is 2.19. The van der Waals surface area contributed by atoms with E-state index in [0.717, 1.165) is 5.92 Å². The Kier molecular flexibility index (Phi) is 8.93. The minimum atomic E-state index is -1.83. The van der Waals surface area contributed by atoms with E-state index in [2.05, 4.69) is 19.1 Å². The monoisotopic (exact) mass is 214 g/mol. The Balaban J connectivity index is 0.000000423. The summed E-state index contributed by atoms with van der Waals surface area (Å²) < 4.78 is 0. The summed E-state index contributed by atoms with van der Waals surface area (Å²) in [5, 5.41) is 13.9. The Morgan fingerprint density at radius 3 is 2.27 bits per heavy atom. The first kappa shape index (κ1) is 14.0. The maximum Gasteiger partial charge on any atom is 0.503 e. The first-order valence-electron chi connectivity index (χ1n) is 5.70. The molecule has 0 spiro atoms. The molecule has 1 fully saturated rings. The van der Waals surface area contributed by atoms with Gasteiger partial charge in [-0.1, -0.05) is 44.3 Å². The maximum atomic E-state index is 8.56. The fourth-order valence-corrected chi connectivity index (χ4v) is 1.97. The molecule has 0 aliphatic heterocycles. The number of allylic oxidation sites excluding steroid dienone is 2. The zero-order chi connectivity index (χ0) is 11.5. The first-order valence-corrected chi connectivity index (χ1v) is 5.70. The van der Waals surface area contributed by atoms with Crippen molar-refractivity contribution in [2.45, 2.75) is 51.9 Å². The second-order valence-corrected chi connectivity index (χ2v) is 3.93. The summed E-state index contributed by atoms with van der Waals surface area (Å²) in [6.45, 7) is 2.11. The average molecular weight is 214 g/mol. The van der Waals surface area contributed by atoms with Gasteiger partial charge in [0, 0.05) is 0 Å². The minimum absolute atomic E-state index is 1.06. The molecule has 0 saturated heterocycles. The van der Waals surface area contributed by atoms with E-state index in [-0.39, 0.29) is 0 Å². The van der Waals surface area contributed by atoms with E-state index in [9.17, 15) is 0 Å². The highest BCUT2D eigenvalue weighted by molar-refractivity contribution is 5.53. The second-order valence-electron chi connectivity index (χ2n) is 3.93. The predicted molar refractivity (Wildman–Crippen MR) is 61.3 cm³/mol. The van der Waals surface area contributed by atoms with Crippen molar-refractivity contribution < 1.29 is 15.0 Å². The zero-order valence-corrected chi connectivity index (χ0v) is 9.48. The summed E-state index contributed by atoms with van der Waals surface area (Å²) >= 11 is 0. The predicted octanol–water partition coefficient (Wildman–Crippen LogP) is 4.15. The van der Waals surface area contributed by atoms with Crippen molar-refractivity contribution in [2.24, 2.45) is 5.92 Å². The normalized spacial score (nSPS) is 17.1. The van der Waals surface area contributed by atoms with Crippen LogP contribution in [0.4, 0.5) is 4.79 Å². The van der Waals surface area contributed by atoms with E-state index in [1.807, 2.05) is 0 Å².